The molecule has 0 fully saturated rings. The van der Waals surface area contributed by atoms with E-state index in [0.717, 1.165) is 4.90 Å². The van der Waals surface area contributed by atoms with Crippen LogP contribution in [0.5, 0.6) is 0 Å². The topological polar surface area (TPSA) is 33.2 Å². The van der Waals surface area contributed by atoms with Gasteiger partial charge in [-0.05, 0) is 18.9 Å². The van der Waals surface area contributed by atoms with Gasteiger partial charge in [0.05, 0.1) is 10.6 Å². The number of nitrogens with zero attached hydrogens (tertiary/aromatic N) is 2. The molecule has 0 N–H and O–H groups in total. The summed E-state index contributed by atoms with van der Waals surface area (Å²) in [6.07, 6.45) is -1.000. The Hall–Kier alpha value is -1.30. The third kappa shape index (κ3) is 4.37. The number of rotatable bonds is 5. The molecule has 112 valence electrons. The van der Waals surface area contributed by atoms with Crippen molar-refractivity contribution in [2.75, 3.05) is 6.54 Å². The summed E-state index contributed by atoms with van der Waals surface area (Å²) in [5.41, 5.74) is -0.00897. The van der Waals surface area contributed by atoms with Crippen molar-refractivity contribution in [3.05, 3.63) is 29.0 Å². The predicted octanol–water partition coefficient (Wildman–Crippen LogP) is 3.93. The Bertz CT molecular complexity index is 461. The molecule has 1 amide bonds. The number of carbonyl (C=O) groups is 1. The lowest BCUT2D eigenvalue weighted by molar-refractivity contribution is -0.144. The van der Waals surface area contributed by atoms with Crippen molar-refractivity contribution >= 4 is 17.5 Å². The van der Waals surface area contributed by atoms with Crippen molar-refractivity contribution in [1.29, 1.82) is 0 Å². The lowest BCUT2D eigenvalue weighted by Gasteiger charge is -2.31. The van der Waals surface area contributed by atoms with Crippen LogP contribution in [0.25, 0.3) is 0 Å². The van der Waals surface area contributed by atoms with E-state index in [1.807, 2.05) is 0 Å². The molecule has 3 nitrogen and oxygen atoms in total. The molecule has 0 bridgehead atoms. The Morgan fingerprint density at radius 2 is 2.00 bits per heavy atom. The van der Waals surface area contributed by atoms with E-state index in [9.17, 15) is 18.0 Å². The van der Waals surface area contributed by atoms with E-state index in [4.69, 9.17) is 11.6 Å². The summed E-state index contributed by atoms with van der Waals surface area (Å²) in [7, 11) is 0. The second-order valence-corrected chi connectivity index (χ2v) is 4.78. The van der Waals surface area contributed by atoms with E-state index in [2.05, 4.69) is 4.98 Å². The van der Waals surface area contributed by atoms with Crippen molar-refractivity contribution in [1.82, 2.24) is 9.88 Å². The maximum absolute atomic E-state index is 12.7. The Labute approximate surface area is 120 Å². The molecule has 0 aliphatic rings. The highest BCUT2D eigenvalue weighted by Gasteiger charge is 2.36. The summed E-state index contributed by atoms with van der Waals surface area (Å²) in [4.78, 5) is 16.9. The summed E-state index contributed by atoms with van der Waals surface area (Å²) in [6, 6.07) is 0.897. The molecule has 0 radical (unpaired) electrons. The monoisotopic (exact) mass is 308 g/mol. The normalized spacial score (nSPS) is 11.8. The van der Waals surface area contributed by atoms with Gasteiger partial charge in [-0.3, -0.25) is 9.78 Å². The number of amides is 1. The van der Waals surface area contributed by atoms with E-state index < -0.39 is 24.7 Å². The first-order valence-corrected chi connectivity index (χ1v) is 6.65. The average molecular weight is 309 g/mol. The summed E-state index contributed by atoms with van der Waals surface area (Å²) in [5.74, 6) is -0.742. The fourth-order valence-electron chi connectivity index (χ4n) is 1.98. The van der Waals surface area contributed by atoms with Crippen LogP contribution in [0, 0.1) is 0 Å². The quantitative estimate of drug-likeness (QED) is 0.826. The van der Waals surface area contributed by atoms with Gasteiger partial charge in [0, 0.05) is 18.4 Å². The molecule has 0 unspecified atom stereocenters. The molecule has 1 aromatic heterocycles. The van der Waals surface area contributed by atoms with E-state index in [1.165, 1.54) is 18.5 Å². The maximum atomic E-state index is 12.7. The highest BCUT2D eigenvalue weighted by Crippen LogP contribution is 2.24. The van der Waals surface area contributed by atoms with Gasteiger partial charge in [-0.15, -0.1) is 0 Å². The Balaban J connectivity index is 3.10. The first kappa shape index (κ1) is 16.8. The number of carbonyl (C=O) groups excluding carboxylic acids is 1. The van der Waals surface area contributed by atoms with Crippen LogP contribution >= 0.6 is 11.6 Å². The zero-order chi connectivity index (χ0) is 15.3. The number of aromatic nitrogens is 1. The smallest absolute Gasteiger partial charge is 0.326 e. The first-order valence-electron chi connectivity index (χ1n) is 6.27. The SMILES string of the molecule is CCC(CC)N(CC(F)(F)F)C(=O)c1cnccc1Cl. The second kappa shape index (κ2) is 6.92. The van der Waals surface area contributed by atoms with Gasteiger partial charge in [0.1, 0.15) is 6.54 Å². The van der Waals surface area contributed by atoms with Crippen LogP contribution in [0.1, 0.15) is 37.0 Å². The molecule has 0 atom stereocenters. The van der Waals surface area contributed by atoms with Crippen LogP contribution in [0.15, 0.2) is 18.5 Å². The third-order valence-corrected chi connectivity index (χ3v) is 3.32. The number of pyridine rings is 1. The molecule has 7 heteroatoms. The molecule has 0 aliphatic carbocycles. The van der Waals surface area contributed by atoms with Gasteiger partial charge in [-0.25, -0.2) is 0 Å². The second-order valence-electron chi connectivity index (χ2n) is 4.37. The van der Waals surface area contributed by atoms with Gasteiger partial charge in [0.2, 0.25) is 0 Å². The van der Waals surface area contributed by atoms with E-state index in [-0.39, 0.29) is 10.6 Å². The molecule has 1 heterocycles. The summed E-state index contributed by atoms with van der Waals surface area (Å²) < 4.78 is 38.0. The molecule has 20 heavy (non-hydrogen) atoms. The molecule has 0 saturated heterocycles. The van der Waals surface area contributed by atoms with E-state index >= 15 is 0 Å². The van der Waals surface area contributed by atoms with Crippen molar-refractivity contribution in [3.63, 3.8) is 0 Å². The number of hydrogen-bond acceptors (Lipinski definition) is 2. The minimum atomic E-state index is -4.45. The van der Waals surface area contributed by atoms with Gasteiger partial charge < -0.3 is 4.90 Å². The Kier molecular flexibility index (Phi) is 5.80. The molecule has 0 aliphatic heterocycles. The first-order chi connectivity index (χ1) is 9.30. The fraction of sp³-hybridized carbons (Fsp3) is 0.538. The van der Waals surface area contributed by atoms with Gasteiger partial charge in [-0.2, -0.15) is 13.2 Å². The van der Waals surface area contributed by atoms with E-state index in [1.54, 1.807) is 13.8 Å². The number of alkyl halides is 3. The third-order valence-electron chi connectivity index (χ3n) is 2.99. The van der Waals surface area contributed by atoms with E-state index in [0.29, 0.717) is 12.8 Å². The van der Waals surface area contributed by atoms with Gasteiger partial charge in [-0.1, -0.05) is 25.4 Å². The van der Waals surface area contributed by atoms with Gasteiger partial charge >= 0.3 is 6.18 Å². The van der Waals surface area contributed by atoms with Crippen LogP contribution in [0.4, 0.5) is 13.2 Å². The molecule has 0 spiro atoms. The molecular weight excluding hydrogens is 293 g/mol. The average Bonchev–Trinajstić information content (AvgIpc) is 2.37. The van der Waals surface area contributed by atoms with Crippen LogP contribution in [0.3, 0.4) is 0 Å². The number of halogens is 4. The van der Waals surface area contributed by atoms with Crippen molar-refractivity contribution in [2.24, 2.45) is 0 Å². The van der Waals surface area contributed by atoms with Crippen LogP contribution in [0.2, 0.25) is 5.02 Å². The fourth-order valence-corrected chi connectivity index (χ4v) is 2.16. The molecule has 1 rings (SSSR count). The standard InChI is InChI=1S/C13H16ClF3N2O/c1-3-9(4-2)19(8-13(15,16)17)12(20)10-7-18-6-5-11(10)14/h5-7,9H,3-4,8H2,1-2H3. The zero-order valence-electron chi connectivity index (χ0n) is 11.2. The van der Waals surface area contributed by atoms with Gasteiger partial charge in [0.15, 0.2) is 0 Å². The lowest BCUT2D eigenvalue weighted by Crippen LogP contribution is -2.45. The Morgan fingerprint density at radius 1 is 1.40 bits per heavy atom. The van der Waals surface area contributed by atoms with Crippen LogP contribution < -0.4 is 0 Å². The number of hydrogen-bond donors (Lipinski definition) is 0. The predicted molar refractivity (Wildman–Crippen MR) is 70.7 cm³/mol. The largest absolute Gasteiger partial charge is 0.406 e. The summed E-state index contributed by atoms with van der Waals surface area (Å²) in [6.45, 7) is 2.20. The highest BCUT2D eigenvalue weighted by molar-refractivity contribution is 6.33. The highest BCUT2D eigenvalue weighted by atomic mass is 35.5. The van der Waals surface area contributed by atoms with Crippen molar-refractivity contribution < 1.29 is 18.0 Å². The molecule has 1 aromatic rings. The van der Waals surface area contributed by atoms with Crippen LogP contribution in [-0.4, -0.2) is 34.6 Å². The summed E-state index contributed by atoms with van der Waals surface area (Å²) >= 11 is 5.86. The molecule has 0 aromatic carbocycles. The minimum Gasteiger partial charge on any atom is -0.326 e. The Morgan fingerprint density at radius 3 is 2.45 bits per heavy atom. The molecule has 0 saturated carbocycles. The zero-order valence-corrected chi connectivity index (χ0v) is 12.0. The van der Waals surface area contributed by atoms with Crippen molar-refractivity contribution in [3.8, 4) is 0 Å². The van der Waals surface area contributed by atoms with Gasteiger partial charge in [0.25, 0.3) is 5.91 Å². The summed E-state index contributed by atoms with van der Waals surface area (Å²) in [5, 5.41) is 0.100. The lowest BCUT2D eigenvalue weighted by atomic mass is 10.1. The maximum Gasteiger partial charge on any atom is 0.406 e. The van der Waals surface area contributed by atoms with Crippen molar-refractivity contribution in [2.45, 2.75) is 38.9 Å². The molecular formula is C13H16ClF3N2O. The van der Waals surface area contributed by atoms with Crippen LogP contribution in [-0.2, 0) is 0 Å². The minimum absolute atomic E-state index is 0.00897.